The third-order valence-electron chi connectivity index (χ3n) is 3.79. The van der Waals surface area contributed by atoms with Crippen molar-refractivity contribution < 1.29 is 4.74 Å². The standard InChI is InChI=1S/C16H25NO/c1-12-8-13(2)16(14(3)9-12)11-17-10-15-6-4-5-7-18-15/h8-9,15,17H,4-7,10-11H2,1-3H3. The highest BCUT2D eigenvalue weighted by Gasteiger charge is 2.13. The average Bonchev–Trinajstić information content (AvgIpc) is 2.34. The van der Waals surface area contributed by atoms with Crippen molar-refractivity contribution in [2.24, 2.45) is 0 Å². The normalized spacial score (nSPS) is 20.1. The lowest BCUT2D eigenvalue weighted by Crippen LogP contribution is -2.31. The molecule has 1 aliphatic rings. The number of ether oxygens (including phenoxy) is 1. The van der Waals surface area contributed by atoms with Crippen LogP contribution in [-0.2, 0) is 11.3 Å². The fraction of sp³-hybridized carbons (Fsp3) is 0.625. The minimum Gasteiger partial charge on any atom is -0.377 e. The number of nitrogens with one attached hydrogen (secondary N) is 1. The summed E-state index contributed by atoms with van der Waals surface area (Å²) in [6.45, 7) is 9.44. The lowest BCUT2D eigenvalue weighted by atomic mass is 10.00. The van der Waals surface area contributed by atoms with E-state index in [4.69, 9.17) is 4.74 Å². The number of hydrogen-bond donors (Lipinski definition) is 1. The first-order valence-corrected chi connectivity index (χ1v) is 7.06. The van der Waals surface area contributed by atoms with E-state index in [0.29, 0.717) is 6.10 Å². The van der Waals surface area contributed by atoms with Gasteiger partial charge in [0.15, 0.2) is 0 Å². The molecule has 2 heteroatoms. The predicted octanol–water partition coefficient (Wildman–Crippen LogP) is 3.27. The van der Waals surface area contributed by atoms with Crippen molar-refractivity contribution in [2.45, 2.75) is 52.7 Å². The van der Waals surface area contributed by atoms with Crippen LogP contribution in [0.25, 0.3) is 0 Å². The van der Waals surface area contributed by atoms with Gasteiger partial charge in [-0.25, -0.2) is 0 Å². The number of aryl methyl sites for hydroxylation is 3. The summed E-state index contributed by atoms with van der Waals surface area (Å²) in [6.07, 6.45) is 4.17. The van der Waals surface area contributed by atoms with Gasteiger partial charge in [0.1, 0.15) is 0 Å². The van der Waals surface area contributed by atoms with Crippen molar-refractivity contribution in [3.8, 4) is 0 Å². The Bertz CT molecular complexity index is 371. The van der Waals surface area contributed by atoms with Gasteiger partial charge in [0.05, 0.1) is 6.10 Å². The highest BCUT2D eigenvalue weighted by atomic mass is 16.5. The molecule has 2 nitrogen and oxygen atoms in total. The molecule has 1 fully saturated rings. The summed E-state index contributed by atoms with van der Waals surface area (Å²) in [7, 11) is 0. The highest BCUT2D eigenvalue weighted by Crippen LogP contribution is 2.16. The van der Waals surface area contributed by atoms with Crippen LogP contribution in [0.3, 0.4) is 0 Å². The molecule has 1 aromatic carbocycles. The smallest absolute Gasteiger partial charge is 0.0699 e. The van der Waals surface area contributed by atoms with Crippen LogP contribution in [0, 0.1) is 20.8 Å². The van der Waals surface area contributed by atoms with E-state index in [1.54, 1.807) is 0 Å². The monoisotopic (exact) mass is 247 g/mol. The Morgan fingerprint density at radius 3 is 2.50 bits per heavy atom. The van der Waals surface area contributed by atoms with E-state index in [-0.39, 0.29) is 0 Å². The second kappa shape index (κ2) is 6.35. The topological polar surface area (TPSA) is 21.3 Å². The first-order chi connectivity index (χ1) is 8.66. The molecule has 0 amide bonds. The van der Waals surface area contributed by atoms with Crippen molar-refractivity contribution in [1.82, 2.24) is 5.32 Å². The molecule has 2 rings (SSSR count). The second-order valence-corrected chi connectivity index (χ2v) is 5.50. The van der Waals surface area contributed by atoms with E-state index in [1.165, 1.54) is 41.5 Å². The van der Waals surface area contributed by atoms with Crippen LogP contribution in [0.5, 0.6) is 0 Å². The second-order valence-electron chi connectivity index (χ2n) is 5.50. The van der Waals surface area contributed by atoms with E-state index >= 15 is 0 Å². The molecule has 0 saturated carbocycles. The summed E-state index contributed by atoms with van der Waals surface area (Å²) in [5.74, 6) is 0. The third kappa shape index (κ3) is 3.56. The van der Waals surface area contributed by atoms with Crippen molar-refractivity contribution in [3.63, 3.8) is 0 Å². The van der Waals surface area contributed by atoms with Gasteiger partial charge in [0.2, 0.25) is 0 Å². The van der Waals surface area contributed by atoms with Gasteiger partial charge < -0.3 is 10.1 Å². The Morgan fingerprint density at radius 1 is 1.17 bits per heavy atom. The van der Waals surface area contributed by atoms with Gasteiger partial charge >= 0.3 is 0 Å². The predicted molar refractivity (Wildman–Crippen MR) is 76.0 cm³/mol. The van der Waals surface area contributed by atoms with Crippen molar-refractivity contribution in [1.29, 1.82) is 0 Å². The first kappa shape index (κ1) is 13.6. The molecule has 1 aromatic rings. The Morgan fingerprint density at radius 2 is 1.89 bits per heavy atom. The molecule has 0 aromatic heterocycles. The molecule has 1 heterocycles. The van der Waals surface area contributed by atoms with Crippen molar-refractivity contribution >= 4 is 0 Å². The fourth-order valence-corrected chi connectivity index (χ4v) is 2.82. The lowest BCUT2D eigenvalue weighted by molar-refractivity contribution is 0.0168. The largest absolute Gasteiger partial charge is 0.377 e. The molecule has 1 N–H and O–H groups in total. The summed E-state index contributed by atoms with van der Waals surface area (Å²) < 4.78 is 5.73. The molecule has 0 aliphatic carbocycles. The molecular formula is C16H25NO. The van der Waals surface area contributed by atoms with Crippen LogP contribution in [0.15, 0.2) is 12.1 Å². The quantitative estimate of drug-likeness (QED) is 0.881. The van der Waals surface area contributed by atoms with E-state index < -0.39 is 0 Å². The molecule has 1 atom stereocenters. The Balaban J connectivity index is 1.86. The van der Waals surface area contributed by atoms with Crippen LogP contribution < -0.4 is 5.32 Å². The fourth-order valence-electron chi connectivity index (χ4n) is 2.82. The molecule has 18 heavy (non-hydrogen) atoms. The molecular weight excluding hydrogens is 222 g/mol. The summed E-state index contributed by atoms with van der Waals surface area (Å²) in [4.78, 5) is 0. The summed E-state index contributed by atoms with van der Waals surface area (Å²) >= 11 is 0. The number of benzene rings is 1. The van der Waals surface area contributed by atoms with Crippen molar-refractivity contribution in [2.75, 3.05) is 13.2 Å². The third-order valence-corrected chi connectivity index (χ3v) is 3.79. The number of hydrogen-bond acceptors (Lipinski definition) is 2. The highest BCUT2D eigenvalue weighted by molar-refractivity contribution is 5.37. The van der Waals surface area contributed by atoms with Gasteiger partial charge in [-0.2, -0.15) is 0 Å². The Hall–Kier alpha value is -0.860. The van der Waals surface area contributed by atoms with Crippen LogP contribution >= 0.6 is 0 Å². The molecule has 1 saturated heterocycles. The van der Waals surface area contributed by atoms with Gasteiger partial charge in [-0.3, -0.25) is 0 Å². The SMILES string of the molecule is Cc1cc(C)c(CNCC2CCCCO2)c(C)c1. The van der Waals surface area contributed by atoms with E-state index in [1.807, 2.05) is 0 Å². The van der Waals surface area contributed by atoms with Crippen LogP contribution in [0.1, 0.15) is 41.5 Å². The molecule has 0 radical (unpaired) electrons. The van der Waals surface area contributed by atoms with Gasteiger partial charge in [-0.15, -0.1) is 0 Å². The Labute approximate surface area is 111 Å². The zero-order chi connectivity index (χ0) is 13.0. The minimum atomic E-state index is 0.421. The van der Waals surface area contributed by atoms with E-state index in [2.05, 4.69) is 38.2 Å². The van der Waals surface area contributed by atoms with Crippen LogP contribution in [-0.4, -0.2) is 19.3 Å². The van der Waals surface area contributed by atoms with Gasteiger partial charge in [0.25, 0.3) is 0 Å². The lowest BCUT2D eigenvalue weighted by Gasteiger charge is -2.23. The summed E-state index contributed by atoms with van der Waals surface area (Å²) in [5.41, 5.74) is 5.58. The van der Waals surface area contributed by atoms with Crippen molar-refractivity contribution in [3.05, 3.63) is 34.4 Å². The average molecular weight is 247 g/mol. The van der Waals surface area contributed by atoms with Crippen LogP contribution in [0.4, 0.5) is 0 Å². The minimum absolute atomic E-state index is 0.421. The molecule has 1 unspecified atom stereocenters. The summed E-state index contributed by atoms with van der Waals surface area (Å²) in [6, 6.07) is 4.53. The maximum absolute atomic E-state index is 5.73. The molecule has 1 aliphatic heterocycles. The maximum Gasteiger partial charge on any atom is 0.0699 e. The Kier molecular flexibility index (Phi) is 4.79. The maximum atomic E-state index is 5.73. The molecule has 100 valence electrons. The molecule has 0 bridgehead atoms. The zero-order valence-corrected chi connectivity index (χ0v) is 11.9. The van der Waals surface area contributed by atoms with Gasteiger partial charge in [-0.1, -0.05) is 17.7 Å². The molecule has 0 spiro atoms. The van der Waals surface area contributed by atoms with Crippen LogP contribution in [0.2, 0.25) is 0 Å². The first-order valence-electron chi connectivity index (χ1n) is 7.06. The number of rotatable bonds is 4. The van der Waals surface area contributed by atoms with E-state index in [0.717, 1.165) is 19.7 Å². The zero-order valence-electron chi connectivity index (χ0n) is 11.9. The van der Waals surface area contributed by atoms with Gasteiger partial charge in [-0.05, 0) is 56.7 Å². The van der Waals surface area contributed by atoms with Gasteiger partial charge in [0, 0.05) is 19.7 Å². The summed E-state index contributed by atoms with van der Waals surface area (Å²) in [5, 5.41) is 3.55. The van der Waals surface area contributed by atoms with E-state index in [9.17, 15) is 0 Å².